The molecule has 0 unspecified atom stereocenters. The van der Waals surface area contributed by atoms with Gasteiger partial charge in [-0.05, 0) is 43.3 Å². The molecule has 0 radical (unpaired) electrons. The quantitative estimate of drug-likeness (QED) is 0.516. The lowest BCUT2D eigenvalue weighted by Crippen LogP contribution is -2.28. The zero-order valence-electron chi connectivity index (χ0n) is 13.3. The van der Waals surface area contributed by atoms with Crippen molar-refractivity contribution in [3.05, 3.63) is 54.2 Å². The van der Waals surface area contributed by atoms with Crippen LogP contribution in [-0.2, 0) is 4.79 Å². The first-order valence-corrected chi connectivity index (χ1v) is 8.45. The van der Waals surface area contributed by atoms with Crippen molar-refractivity contribution in [3.8, 4) is 11.4 Å². The van der Waals surface area contributed by atoms with Crippen molar-refractivity contribution in [3.63, 3.8) is 0 Å². The molecule has 1 aromatic carbocycles. The Balaban J connectivity index is 1.60. The maximum atomic E-state index is 13.0. The number of amides is 1. The predicted octanol–water partition coefficient (Wildman–Crippen LogP) is 2.36. The smallest absolute Gasteiger partial charge is 0.231 e. The van der Waals surface area contributed by atoms with Crippen LogP contribution in [-0.4, -0.2) is 26.5 Å². The van der Waals surface area contributed by atoms with E-state index in [1.165, 1.54) is 16.8 Å². The first-order valence-electron chi connectivity index (χ1n) is 7.46. The topological polar surface area (TPSA) is 99.0 Å². The van der Waals surface area contributed by atoms with Gasteiger partial charge in [0.05, 0.1) is 18.1 Å². The van der Waals surface area contributed by atoms with Gasteiger partial charge in [0.25, 0.3) is 0 Å². The SMILES string of the molecule is C[C@H](NC(=O)CSc1nnc(-c2ccc(F)cc2)n1N)c1ccco1. The van der Waals surface area contributed by atoms with Crippen molar-refractivity contribution in [1.29, 1.82) is 0 Å². The van der Waals surface area contributed by atoms with E-state index in [0.717, 1.165) is 11.8 Å². The zero-order chi connectivity index (χ0) is 17.8. The molecular formula is C16H16FN5O2S. The van der Waals surface area contributed by atoms with E-state index in [9.17, 15) is 9.18 Å². The molecule has 1 atom stereocenters. The molecule has 9 heteroatoms. The molecule has 0 saturated heterocycles. The van der Waals surface area contributed by atoms with Gasteiger partial charge in [0.2, 0.25) is 11.1 Å². The van der Waals surface area contributed by atoms with E-state index in [4.69, 9.17) is 10.3 Å². The number of nitrogens with two attached hydrogens (primary N) is 1. The lowest BCUT2D eigenvalue weighted by molar-refractivity contribution is -0.119. The molecule has 25 heavy (non-hydrogen) atoms. The van der Waals surface area contributed by atoms with Crippen molar-refractivity contribution in [2.45, 2.75) is 18.1 Å². The Morgan fingerprint density at radius 1 is 1.36 bits per heavy atom. The summed E-state index contributed by atoms with van der Waals surface area (Å²) in [4.78, 5) is 12.0. The summed E-state index contributed by atoms with van der Waals surface area (Å²) in [7, 11) is 0. The molecule has 2 heterocycles. The van der Waals surface area contributed by atoms with Gasteiger partial charge in [0.15, 0.2) is 5.82 Å². The Morgan fingerprint density at radius 2 is 2.12 bits per heavy atom. The Kier molecular flexibility index (Phi) is 5.03. The van der Waals surface area contributed by atoms with Gasteiger partial charge in [-0.3, -0.25) is 4.79 Å². The van der Waals surface area contributed by atoms with Crippen molar-refractivity contribution in [1.82, 2.24) is 20.2 Å². The summed E-state index contributed by atoms with van der Waals surface area (Å²) >= 11 is 1.16. The maximum Gasteiger partial charge on any atom is 0.231 e. The number of rotatable bonds is 6. The summed E-state index contributed by atoms with van der Waals surface area (Å²) in [5, 5.41) is 11.2. The van der Waals surface area contributed by atoms with Gasteiger partial charge in [0, 0.05) is 5.56 Å². The molecular weight excluding hydrogens is 345 g/mol. The fourth-order valence-electron chi connectivity index (χ4n) is 2.19. The molecule has 0 aliphatic rings. The zero-order valence-corrected chi connectivity index (χ0v) is 14.2. The third kappa shape index (κ3) is 4.00. The van der Waals surface area contributed by atoms with E-state index < -0.39 is 0 Å². The summed E-state index contributed by atoms with van der Waals surface area (Å²) in [5.74, 6) is 6.65. The second-order valence-electron chi connectivity index (χ2n) is 5.28. The van der Waals surface area contributed by atoms with Crippen molar-refractivity contribution in [2.24, 2.45) is 0 Å². The number of hydrogen-bond donors (Lipinski definition) is 2. The second-order valence-corrected chi connectivity index (χ2v) is 6.22. The number of nitrogen functional groups attached to an aromatic ring is 1. The van der Waals surface area contributed by atoms with Crippen LogP contribution >= 0.6 is 11.8 Å². The molecule has 0 aliphatic heterocycles. The second kappa shape index (κ2) is 7.39. The molecule has 3 N–H and O–H groups in total. The molecule has 1 amide bonds. The summed E-state index contributed by atoms with van der Waals surface area (Å²) in [5.41, 5.74) is 0.638. The standard InChI is InChI=1S/C16H16FN5O2S/c1-10(13-3-2-8-24-13)19-14(23)9-25-16-21-20-15(22(16)18)11-4-6-12(17)7-5-11/h2-8,10H,9,18H2,1H3,(H,19,23)/t10-/m0/s1. The largest absolute Gasteiger partial charge is 0.467 e. The third-order valence-electron chi connectivity index (χ3n) is 3.45. The highest BCUT2D eigenvalue weighted by Gasteiger charge is 2.16. The Labute approximate surface area is 147 Å². The molecule has 130 valence electrons. The van der Waals surface area contributed by atoms with Crippen LogP contribution in [0.2, 0.25) is 0 Å². The molecule has 0 aliphatic carbocycles. The van der Waals surface area contributed by atoms with Gasteiger partial charge in [-0.2, -0.15) is 0 Å². The Hall–Kier alpha value is -2.81. The molecule has 7 nitrogen and oxygen atoms in total. The first kappa shape index (κ1) is 17.0. The van der Waals surface area contributed by atoms with Crippen LogP contribution < -0.4 is 11.2 Å². The van der Waals surface area contributed by atoms with E-state index in [0.29, 0.717) is 22.3 Å². The number of furan rings is 1. The average molecular weight is 361 g/mol. The third-order valence-corrected chi connectivity index (χ3v) is 4.39. The van der Waals surface area contributed by atoms with Gasteiger partial charge in [-0.15, -0.1) is 10.2 Å². The number of benzene rings is 1. The highest BCUT2D eigenvalue weighted by molar-refractivity contribution is 7.99. The predicted molar refractivity (Wildman–Crippen MR) is 91.6 cm³/mol. The highest BCUT2D eigenvalue weighted by Crippen LogP contribution is 2.22. The van der Waals surface area contributed by atoms with Gasteiger partial charge >= 0.3 is 0 Å². The maximum absolute atomic E-state index is 13.0. The lowest BCUT2D eigenvalue weighted by atomic mass is 10.2. The normalized spacial score (nSPS) is 12.1. The number of carbonyl (C=O) groups excluding carboxylic acids is 1. The summed E-state index contributed by atoms with van der Waals surface area (Å²) in [6.07, 6.45) is 1.56. The van der Waals surface area contributed by atoms with Crippen LogP contribution in [0.15, 0.2) is 52.2 Å². The van der Waals surface area contributed by atoms with Gasteiger partial charge in [-0.25, -0.2) is 9.07 Å². The minimum atomic E-state index is -0.344. The van der Waals surface area contributed by atoms with Crippen molar-refractivity contribution < 1.29 is 13.6 Å². The number of carbonyl (C=O) groups is 1. The molecule has 0 spiro atoms. The molecule has 3 aromatic rings. The van der Waals surface area contributed by atoms with E-state index in [-0.39, 0.29) is 23.5 Å². The number of nitrogens with zero attached hydrogens (tertiary/aromatic N) is 3. The van der Waals surface area contributed by atoms with Crippen molar-refractivity contribution >= 4 is 17.7 Å². The fourth-order valence-corrected chi connectivity index (χ4v) is 2.86. The molecule has 0 fully saturated rings. The van der Waals surface area contributed by atoms with Gasteiger partial charge < -0.3 is 15.6 Å². The monoisotopic (exact) mass is 361 g/mol. The number of thioether (sulfide) groups is 1. The van der Waals surface area contributed by atoms with Crippen LogP contribution in [0.1, 0.15) is 18.7 Å². The van der Waals surface area contributed by atoms with Crippen molar-refractivity contribution in [2.75, 3.05) is 11.6 Å². The Bertz CT molecular complexity index is 848. The van der Waals surface area contributed by atoms with E-state index >= 15 is 0 Å². The minimum absolute atomic E-state index is 0.129. The first-order chi connectivity index (χ1) is 12.0. The number of aromatic nitrogens is 3. The highest BCUT2D eigenvalue weighted by atomic mass is 32.2. The van der Waals surface area contributed by atoms with Crippen LogP contribution in [0.4, 0.5) is 4.39 Å². The van der Waals surface area contributed by atoms with E-state index in [2.05, 4.69) is 15.5 Å². The van der Waals surface area contributed by atoms with E-state index in [1.54, 1.807) is 30.5 Å². The molecule has 0 bridgehead atoms. The Morgan fingerprint density at radius 3 is 2.80 bits per heavy atom. The molecule has 0 saturated carbocycles. The minimum Gasteiger partial charge on any atom is -0.467 e. The van der Waals surface area contributed by atoms with Gasteiger partial charge in [0.1, 0.15) is 11.6 Å². The van der Waals surface area contributed by atoms with Gasteiger partial charge in [-0.1, -0.05) is 11.8 Å². The summed E-state index contributed by atoms with van der Waals surface area (Å²) in [6, 6.07) is 9.10. The van der Waals surface area contributed by atoms with Crippen LogP contribution in [0.25, 0.3) is 11.4 Å². The van der Waals surface area contributed by atoms with Crippen LogP contribution in [0.5, 0.6) is 0 Å². The number of hydrogen-bond acceptors (Lipinski definition) is 6. The fraction of sp³-hybridized carbons (Fsp3) is 0.188. The average Bonchev–Trinajstić information content (AvgIpc) is 3.24. The summed E-state index contributed by atoms with van der Waals surface area (Å²) in [6.45, 7) is 1.83. The number of halogens is 1. The van der Waals surface area contributed by atoms with Crippen LogP contribution in [0.3, 0.4) is 0 Å². The molecule has 2 aromatic heterocycles. The molecule has 3 rings (SSSR count). The van der Waals surface area contributed by atoms with E-state index in [1.807, 2.05) is 6.92 Å². The summed E-state index contributed by atoms with van der Waals surface area (Å²) < 4.78 is 19.5. The van der Waals surface area contributed by atoms with Crippen LogP contribution in [0, 0.1) is 5.82 Å². The lowest BCUT2D eigenvalue weighted by Gasteiger charge is -2.10. The number of nitrogens with one attached hydrogen (secondary N) is 1.